The SMILES string of the molecule is COc1ccc(CN(C)C(=O)CCC(C)N)cc1C.Cl. The number of amides is 1. The van der Waals surface area contributed by atoms with Crippen LogP contribution in [0.25, 0.3) is 0 Å². The minimum Gasteiger partial charge on any atom is -0.496 e. The van der Waals surface area contributed by atoms with Crippen LogP contribution in [0.15, 0.2) is 18.2 Å². The van der Waals surface area contributed by atoms with E-state index in [2.05, 4.69) is 0 Å². The largest absolute Gasteiger partial charge is 0.496 e. The van der Waals surface area contributed by atoms with Crippen LogP contribution in [0.5, 0.6) is 5.75 Å². The molecular formula is C15H25ClN2O2. The minimum absolute atomic E-state index is 0. The summed E-state index contributed by atoms with van der Waals surface area (Å²) in [6.45, 7) is 4.53. The lowest BCUT2D eigenvalue weighted by Crippen LogP contribution is -2.28. The van der Waals surface area contributed by atoms with Gasteiger partial charge in [-0.25, -0.2) is 0 Å². The van der Waals surface area contributed by atoms with Crippen LogP contribution in [0.1, 0.15) is 30.9 Å². The molecule has 1 rings (SSSR count). The molecule has 0 bridgehead atoms. The van der Waals surface area contributed by atoms with Gasteiger partial charge in [0.25, 0.3) is 0 Å². The quantitative estimate of drug-likeness (QED) is 0.878. The number of nitrogens with zero attached hydrogens (tertiary/aromatic N) is 1. The molecule has 0 aliphatic heterocycles. The summed E-state index contributed by atoms with van der Waals surface area (Å²) in [4.78, 5) is 13.6. The standard InChI is InChI=1S/C15H24N2O2.ClH/c1-11-9-13(6-7-14(11)19-4)10-17(3)15(18)8-5-12(2)16;/h6-7,9,12H,5,8,10,16H2,1-4H3;1H. The van der Waals surface area contributed by atoms with Crippen LogP contribution in [0.4, 0.5) is 0 Å². The maximum absolute atomic E-state index is 11.9. The molecule has 0 aliphatic carbocycles. The zero-order valence-electron chi connectivity index (χ0n) is 12.7. The van der Waals surface area contributed by atoms with Crippen LogP contribution in [-0.2, 0) is 11.3 Å². The van der Waals surface area contributed by atoms with E-state index in [1.54, 1.807) is 12.0 Å². The fourth-order valence-corrected chi connectivity index (χ4v) is 1.94. The summed E-state index contributed by atoms with van der Waals surface area (Å²) in [7, 11) is 3.48. The zero-order valence-corrected chi connectivity index (χ0v) is 13.5. The first kappa shape index (κ1) is 18.7. The van der Waals surface area contributed by atoms with Crippen molar-refractivity contribution < 1.29 is 9.53 Å². The van der Waals surface area contributed by atoms with Crippen LogP contribution >= 0.6 is 12.4 Å². The molecule has 0 saturated heterocycles. The molecule has 0 fully saturated rings. The van der Waals surface area contributed by atoms with Gasteiger partial charge < -0.3 is 15.4 Å². The summed E-state index contributed by atoms with van der Waals surface area (Å²) in [5, 5.41) is 0. The van der Waals surface area contributed by atoms with Gasteiger partial charge >= 0.3 is 0 Å². The summed E-state index contributed by atoms with van der Waals surface area (Å²) < 4.78 is 5.22. The molecule has 0 saturated carbocycles. The first-order valence-corrected chi connectivity index (χ1v) is 6.57. The van der Waals surface area contributed by atoms with Crippen molar-refractivity contribution in [3.05, 3.63) is 29.3 Å². The van der Waals surface area contributed by atoms with E-state index in [1.807, 2.05) is 39.1 Å². The highest BCUT2D eigenvalue weighted by Gasteiger charge is 2.10. The second-order valence-corrected chi connectivity index (χ2v) is 5.07. The third kappa shape index (κ3) is 5.80. The predicted octanol–water partition coefficient (Wildman–Crippen LogP) is 2.51. The average molecular weight is 301 g/mol. The highest BCUT2D eigenvalue weighted by Crippen LogP contribution is 2.19. The van der Waals surface area contributed by atoms with Gasteiger partial charge in [0.05, 0.1) is 7.11 Å². The van der Waals surface area contributed by atoms with E-state index in [1.165, 1.54) is 0 Å². The summed E-state index contributed by atoms with van der Waals surface area (Å²) in [5.41, 5.74) is 7.85. The Morgan fingerprint density at radius 2 is 2.10 bits per heavy atom. The molecule has 1 aromatic rings. The van der Waals surface area contributed by atoms with Gasteiger partial charge in [0, 0.05) is 26.1 Å². The van der Waals surface area contributed by atoms with E-state index in [-0.39, 0.29) is 24.4 Å². The number of hydrogen-bond donors (Lipinski definition) is 1. The summed E-state index contributed by atoms with van der Waals surface area (Å²) in [6, 6.07) is 6.04. The summed E-state index contributed by atoms with van der Waals surface area (Å²) in [5.74, 6) is 1.00. The molecule has 1 aromatic carbocycles. The lowest BCUT2D eigenvalue weighted by atomic mass is 10.1. The summed E-state index contributed by atoms with van der Waals surface area (Å²) in [6.07, 6.45) is 1.23. The van der Waals surface area contributed by atoms with Crippen molar-refractivity contribution in [2.24, 2.45) is 5.73 Å². The Labute approximate surface area is 127 Å². The van der Waals surface area contributed by atoms with E-state index in [0.717, 1.165) is 23.3 Å². The molecule has 0 aromatic heterocycles. The zero-order chi connectivity index (χ0) is 14.4. The number of ether oxygens (including phenoxy) is 1. The van der Waals surface area contributed by atoms with Gasteiger partial charge in [0.1, 0.15) is 5.75 Å². The van der Waals surface area contributed by atoms with Gasteiger partial charge in [-0.15, -0.1) is 12.4 Å². The molecule has 0 aliphatic rings. The number of rotatable bonds is 6. The average Bonchev–Trinajstić information content (AvgIpc) is 2.36. The van der Waals surface area contributed by atoms with Crippen molar-refractivity contribution in [3.8, 4) is 5.75 Å². The van der Waals surface area contributed by atoms with Crippen molar-refractivity contribution in [1.29, 1.82) is 0 Å². The van der Waals surface area contributed by atoms with Gasteiger partial charge in [-0.2, -0.15) is 0 Å². The Kier molecular flexibility index (Phi) is 8.26. The number of methoxy groups -OCH3 is 1. The fraction of sp³-hybridized carbons (Fsp3) is 0.533. The van der Waals surface area contributed by atoms with Crippen LogP contribution in [-0.4, -0.2) is 31.0 Å². The minimum atomic E-state index is 0. The van der Waals surface area contributed by atoms with E-state index in [9.17, 15) is 4.79 Å². The van der Waals surface area contributed by atoms with Crippen molar-refractivity contribution in [2.45, 2.75) is 39.3 Å². The lowest BCUT2D eigenvalue weighted by Gasteiger charge is -2.18. The number of carbonyl (C=O) groups is 1. The van der Waals surface area contributed by atoms with E-state index in [4.69, 9.17) is 10.5 Å². The lowest BCUT2D eigenvalue weighted by molar-refractivity contribution is -0.130. The molecule has 2 N–H and O–H groups in total. The molecular weight excluding hydrogens is 276 g/mol. The Morgan fingerprint density at radius 3 is 2.60 bits per heavy atom. The number of halogens is 1. The summed E-state index contributed by atoms with van der Waals surface area (Å²) >= 11 is 0. The van der Waals surface area contributed by atoms with Crippen LogP contribution < -0.4 is 10.5 Å². The highest BCUT2D eigenvalue weighted by atomic mass is 35.5. The first-order valence-electron chi connectivity index (χ1n) is 6.57. The van der Waals surface area contributed by atoms with Crippen LogP contribution in [0.2, 0.25) is 0 Å². The molecule has 5 heteroatoms. The van der Waals surface area contributed by atoms with Gasteiger partial charge in [0.2, 0.25) is 5.91 Å². The third-order valence-corrected chi connectivity index (χ3v) is 3.12. The number of benzene rings is 1. The highest BCUT2D eigenvalue weighted by molar-refractivity contribution is 5.85. The topological polar surface area (TPSA) is 55.6 Å². The fourth-order valence-electron chi connectivity index (χ4n) is 1.94. The first-order chi connectivity index (χ1) is 8.93. The molecule has 0 heterocycles. The molecule has 1 atom stereocenters. The monoisotopic (exact) mass is 300 g/mol. The number of nitrogens with two attached hydrogens (primary N) is 1. The second-order valence-electron chi connectivity index (χ2n) is 5.07. The van der Waals surface area contributed by atoms with Gasteiger partial charge in [-0.3, -0.25) is 4.79 Å². The predicted molar refractivity (Wildman–Crippen MR) is 84.3 cm³/mol. The Morgan fingerprint density at radius 1 is 1.45 bits per heavy atom. The van der Waals surface area contributed by atoms with Crippen molar-refractivity contribution in [3.63, 3.8) is 0 Å². The Hall–Kier alpha value is -1.26. The molecule has 0 radical (unpaired) electrons. The number of aryl methyl sites for hydroxylation is 1. The van der Waals surface area contributed by atoms with Gasteiger partial charge in [-0.05, 0) is 37.5 Å². The molecule has 20 heavy (non-hydrogen) atoms. The third-order valence-electron chi connectivity index (χ3n) is 3.12. The maximum Gasteiger partial charge on any atom is 0.222 e. The van der Waals surface area contributed by atoms with E-state index >= 15 is 0 Å². The van der Waals surface area contributed by atoms with Crippen LogP contribution in [0, 0.1) is 6.92 Å². The van der Waals surface area contributed by atoms with Crippen LogP contribution in [0.3, 0.4) is 0 Å². The number of hydrogen-bond acceptors (Lipinski definition) is 3. The molecule has 1 unspecified atom stereocenters. The van der Waals surface area contributed by atoms with Crippen molar-refractivity contribution in [1.82, 2.24) is 4.90 Å². The normalized spacial score (nSPS) is 11.4. The molecule has 1 amide bonds. The van der Waals surface area contributed by atoms with Crippen molar-refractivity contribution in [2.75, 3.05) is 14.2 Å². The second kappa shape index (κ2) is 8.82. The van der Waals surface area contributed by atoms with Crippen molar-refractivity contribution >= 4 is 18.3 Å². The smallest absolute Gasteiger partial charge is 0.222 e. The van der Waals surface area contributed by atoms with Gasteiger partial charge in [-0.1, -0.05) is 12.1 Å². The Bertz CT molecular complexity index is 436. The van der Waals surface area contributed by atoms with E-state index < -0.39 is 0 Å². The maximum atomic E-state index is 11.9. The van der Waals surface area contributed by atoms with Gasteiger partial charge in [0.15, 0.2) is 0 Å². The Balaban J connectivity index is 0.00000361. The molecule has 114 valence electrons. The molecule has 4 nitrogen and oxygen atoms in total. The van der Waals surface area contributed by atoms with E-state index in [0.29, 0.717) is 13.0 Å². The number of carbonyl (C=O) groups excluding carboxylic acids is 1. The molecule has 0 spiro atoms.